The number of β-lactam (4-membered cyclic amide) rings is 1. The molecular formula is C7H13NO2. The standard InChI is InChI=1S/C7H13NO2/c1-2-3-4-5-6(9)7(10)8-5/h5-6,9H,2-4H2,1H3,(H,8,10)/t5-,6+/m0/s1. The summed E-state index contributed by atoms with van der Waals surface area (Å²) in [5, 5.41) is 11.6. The van der Waals surface area contributed by atoms with Crippen LogP contribution in [0.15, 0.2) is 0 Å². The van der Waals surface area contributed by atoms with Gasteiger partial charge in [0, 0.05) is 0 Å². The Balaban J connectivity index is 2.14. The van der Waals surface area contributed by atoms with Crippen LogP contribution in [0.1, 0.15) is 26.2 Å². The van der Waals surface area contributed by atoms with Crippen molar-refractivity contribution in [2.45, 2.75) is 38.3 Å². The zero-order chi connectivity index (χ0) is 7.56. The van der Waals surface area contributed by atoms with Crippen LogP contribution in [0.25, 0.3) is 0 Å². The number of aliphatic hydroxyl groups excluding tert-OH is 1. The van der Waals surface area contributed by atoms with Gasteiger partial charge in [0.05, 0.1) is 6.04 Å². The second-order valence-electron chi connectivity index (χ2n) is 2.70. The van der Waals surface area contributed by atoms with Crippen molar-refractivity contribution in [1.82, 2.24) is 5.32 Å². The molecule has 3 nitrogen and oxygen atoms in total. The molecule has 0 radical (unpaired) electrons. The molecule has 1 rings (SSSR count). The van der Waals surface area contributed by atoms with E-state index in [0.717, 1.165) is 19.3 Å². The fourth-order valence-corrected chi connectivity index (χ4v) is 1.09. The SMILES string of the molecule is CCCC[C@@H]1NC(=O)[C@@H]1O. The van der Waals surface area contributed by atoms with E-state index in [2.05, 4.69) is 12.2 Å². The predicted molar refractivity (Wildman–Crippen MR) is 37.5 cm³/mol. The minimum atomic E-state index is -0.730. The Morgan fingerprint density at radius 1 is 1.70 bits per heavy atom. The summed E-state index contributed by atoms with van der Waals surface area (Å²) >= 11 is 0. The molecule has 0 aromatic carbocycles. The monoisotopic (exact) mass is 143 g/mol. The van der Waals surface area contributed by atoms with E-state index in [1.807, 2.05) is 0 Å². The largest absolute Gasteiger partial charge is 0.381 e. The molecule has 0 saturated carbocycles. The van der Waals surface area contributed by atoms with E-state index in [4.69, 9.17) is 5.11 Å². The number of aliphatic hydroxyl groups is 1. The van der Waals surface area contributed by atoms with Crippen molar-refractivity contribution < 1.29 is 9.90 Å². The Hall–Kier alpha value is -0.570. The highest BCUT2D eigenvalue weighted by Crippen LogP contribution is 2.12. The fraction of sp³-hybridized carbons (Fsp3) is 0.857. The lowest BCUT2D eigenvalue weighted by molar-refractivity contribution is -0.142. The molecule has 10 heavy (non-hydrogen) atoms. The van der Waals surface area contributed by atoms with Gasteiger partial charge >= 0.3 is 0 Å². The predicted octanol–water partition coefficient (Wildman–Crippen LogP) is 0.0359. The summed E-state index contributed by atoms with van der Waals surface area (Å²) in [5.41, 5.74) is 0. The lowest BCUT2D eigenvalue weighted by atomic mass is 9.97. The quantitative estimate of drug-likeness (QED) is 0.548. The van der Waals surface area contributed by atoms with E-state index in [1.54, 1.807) is 0 Å². The van der Waals surface area contributed by atoms with Gasteiger partial charge in [0.2, 0.25) is 0 Å². The molecule has 2 N–H and O–H groups in total. The van der Waals surface area contributed by atoms with Gasteiger partial charge in [-0.1, -0.05) is 19.8 Å². The summed E-state index contributed by atoms with van der Waals surface area (Å²) in [7, 11) is 0. The van der Waals surface area contributed by atoms with Crippen molar-refractivity contribution >= 4 is 5.91 Å². The summed E-state index contributed by atoms with van der Waals surface area (Å²) < 4.78 is 0. The zero-order valence-corrected chi connectivity index (χ0v) is 6.13. The van der Waals surface area contributed by atoms with Crippen LogP contribution in [0.2, 0.25) is 0 Å². The molecule has 0 aliphatic carbocycles. The molecule has 0 aromatic heterocycles. The van der Waals surface area contributed by atoms with Crippen LogP contribution in [-0.2, 0) is 4.79 Å². The van der Waals surface area contributed by atoms with Gasteiger partial charge in [-0.15, -0.1) is 0 Å². The Bertz CT molecular complexity index is 136. The first kappa shape index (κ1) is 7.54. The number of hydrogen-bond donors (Lipinski definition) is 2. The van der Waals surface area contributed by atoms with Gasteiger partial charge in [0.15, 0.2) is 6.10 Å². The molecule has 1 aliphatic heterocycles. The van der Waals surface area contributed by atoms with Gasteiger partial charge in [-0.3, -0.25) is 4.79 Å². The van der Waals surface area contributed by atoms with Crippen LogP contribution in [-0.4, -0.2) is 23.2 Å². The first-order valence-corrected chi connectivity index (χ1v) is 3.74. The fourth-order valence-electron chi connectivity index (χ4n) is 1.09. The van der Waals surface area contributed by atoms with Crippen LogP contribution in [0, 0.1) is 0 Å². The summed E-state index contributed by atoms with van der Waals surface area (Å²) in [5.74, 6) is -0.221. The van der Waals surface area contributed by atoms with E-state index in [-0.39, 0.29) is 11.9 Å². The van der Waals surface area contributed by atoms with E-state index >= 15 is 0 Å². The Morgan fingerprint density at radius 3 is 2.80 bits per heavy atom. The lowest BCUT2D eigenvalue weighted by Gasteiger charge is -2.32. The van der Waals surface area contributed by atoms with Crippen molar-refractivity contribution in [3.63, 3.8) is 0 Å². The topological polar surface area (TPSA) is 49.3 Å². The van der Waals surface area contributed by atoms with Gasteiger partial charge in [0.1, 0.15) is 0 Å². The van der Waals surface area contributed by atoms with Crippen molar-refractivity contribution in [1.29, 1.82) is 0 Å². The second-order valence-corrected chi connectivity index (χ2v) is 2.70. The lowest BCUT2D eigenvalue weighted by Crippen LogP contribution is -2.62. The summed E-state index contributed by atoms with van der Waals surface area (Å²) in [6.45, 7) is 2.09. The average Bonchev–Trinajstić information content (AvgIpc) is 1.97. The first-order valence-electron chi connectivity index (χ1n) is 3.74. The maximum absolute atomic E-state index is 10.4. The number of rotatable bonds is 3. The molecule has 1 amide bonds. The Labute approximate surface area is 60.4 Å². The number of carbonyl (C=O) groups is 1. The Kier molecular flexibility index (Phi) is 2.27. The summed E-state index contributed by atoms with van der Waals surface area (Å²) in [6, 6.07) is 0.0347. The van der Waals surface area contributed by atoms with E-state index < -0.39 is 6.10 Å². The van der Waals surface area contributed by atoms with Gasteiger partial charge in [-0.25, -0.2) is 0 Å². The molecule has 3 heteroatoms. The second kappa shape index (κ2) is 3.01. The van der Waals surface area contributed by atoms with E-state index in [0.29, 0.717) is 0 Å². The highest BCUT2D eigenvalue weighted by molar-refractivity contribution is 5.87. The van der Waals surface area contributed by atoms with E-state index in [9.17, 15) is 4.79 Å². The molecule has 0 unspecified atom stereocenters. The number of carbonyl (C=O) groups excluding carboxylic acids is 1. The first-order chi connectivity index (χ1) is 4.75. The number of hydrogen-bond acceptors (Lipinski definition) is 2. The third kappa shape index (κ3) is 1.29. The zero-order valence-electron chi connectivity index (χ0n) is 6.13. The average molecular weight is 143 g/mol. The maximum atomic E-state index is 10.4. The molecular weight excluding hydrogens is 130 g/mol. The molecule has 0 spiro atoms. The molecule has 0 bridgehead atoms. The molecule has 1 fully saturated rings. The van der Waals surface area contributed by atoms with Gasteiger partial charge in [-0.2, -0.15) is 0 Å². The molecule has 1 saturated heterocycles. The Morgan fingerprint density at radius 2 is 2.40 bits per heavy atom. The van der Waals surface area contributed by atoms with Crippen molar-refractivity contribution in [2.75, 3.05) is 0 Å². The maximum Gasteiger partial charge on any atom is 0.251 e. The molecule has 1 aliphatic rings. The molecule has 1 heterocycles. The highest BCUT2D eigenvalue weighted by Gasteiger charge is 2.36. The third-order valence-corrected chi connectivity index (χ3v) is 1.85. The van der Waals surface area contributed by atoms with Crippen molar-refractivity contribution in [3.05, 3.63) is 0 Å². The van der Waals surface area contributed by atoms with Gasteiger partial charge in [0.25, 0.3) is 5.91 Å². The highest BCUT2D eigenvalue weighted by atomic mass is 16.3. The molecule has 2 atom stereocenters. The van der Waals surface area contributed by atoms with Crippen LogP contribution in [0.3, 0.4) is 0 Å². The van der Waals surface area contributed by atoms with E-state index in [1.165, 1.54) is 0 Å². The number of amides is 1. The smallest absolute Gasteiger partial charge is 0.251 e. The van der Waals surface area contributed by atoms with Gasteiger partial charge in [-0.05, 0) is 6.42 Å². The molecule has 58 valence electrons. The van der Waals surface area contributed by atoms with Crippen LogP contribution < -0.4 is 5.32 Å². The molecule has 0 aromatic rings. The number of unbranched alkanes of at least 4 members (excludes halogenated alkanes) is 1. The summed E-state index contributed by atoms with van der Waals surface area (Å²) in [4.78, 5) is 10.4. The summed E-state index contributed by atoms with van der Waals surface area (Å²) in [6.07, 6.45) is 2.36. The van der Waals surface area contributed by atoms with Crippen molar-refractivity contribution in [2.24, 2.45) is 0 Å². The van der Waals surface area contributed by atoms with Crippen molar-refractivity contribution in [3.8, 4) is 0 Å². The third-order valence-electron chi connectivity index (χ3n) is 1.85. The number of nitrogens with one attached hydrogen (secondary N) is 1. The normalized spacial score (nSPS) is 31.2. The van der Waals surface area contributed by atoms with Crippen LogP contribution in [0.5, 0.6) is 0 Å². The minimum Gasteiger partial charge on any atom is -0.381 e. The minimum absolute atomic E-state index is 0.0347. The van der Waals surface area contributed by atoms with Gasteiger partial charge < -0.3 is 10.4 Å². The van der Waals surface area contributed by atoms with Crippen LogP contribution >= 0.6 is 0 Å². The van der Waals surface area contributed by atoms with Crippen LogP contribution in [0.4, 0.5) is 0 Å².